The second-order valence-electron chi connectivity index (χ2n) is 8.22. The van der Waals surface area contributed by atoms with Crippen LogP contribution in [0.4, 0.5) is 0 Å². The van der Waals surface area contributed by atoms with Crippen LogP contribution in [0.15, 0.2) is 60.8 Å². The van der Waals surface area contributed by atoms with Crippen molar-refractivity contribution >= 4 is 16.8 Å². The van der Waals surface area contributed by atoms with E-state index in [1.165, 1.54) is 41.3 Å². The summed E-state index contributed by atoms with van der Waals surface area (Å²) in [4.78, 5) is 12.5. The van der Waals surface area contributed by atoms with Crippen LogP contribution < -0.4 is 5.32 Å². The predicted molar refractivity (Wildman–Crippen MR) is 115 cm³/mol. The van der Waals surface area contributed by atoms with E-state index in [4.69, 9.17) is 0 Å². The summed E-state index contributed by atoms with van der Waals surface area (Å²) < 4.78 is 2.31. The molecular formula is C25H30N2O. The summed E-state index contributed by atoms with van der Waals surface area (Å²) in [7, 11) is 0. The second-order valence-corrected chi connectivity index (χ2v) is 8.22. The number of carbonyl (C=O) groups excluding carboxylic acids is 1. The number of hydrogen-bond donors (Lipinski definition) is 1. The molecule has 0 bridgehead atoms. The number of aryl methyl sites for hydroxylation is 1. The van der Waals surface area contributed by atoms with E-state index < -0.39 is 0 Å². The third-order valence-electron chi connectivity index (χ3n) is 6.15. The zero-order valence-corrected chi connectivity index (χ0v) is 16.7. The number of carbonyl (C=O) groups is 1. The number of fused-ring (bicyclic) bond motifs is 1. The van der Waals surface area contributed by atoms with E-state index in [-0.39, 0.29) is 5.91 Å². The molecule has 2 aromatic carbocycles. The minimum atomic E-state index is 0.193. The summed E-state index contributed by atoms with van der Waals surface area (Å²) in [5.74, 6) is 0.795. The molecule has 0 saturated heterocycles. The predicted octanol–water partition coefficient (Wildman–Crippen LogP) is 5.32. The summed E-state index contributed by atoms with van der Waals surface area (Å²) in [5, 5.41) is 4.55. The molecule has 1 N–H and O–H groups in total. The van der Waals surface area contributed by atoms with E-state index in [1.54, 1.807) is 0 Å². The maximum Gasteiger partial charge on any atom is 0.220 e. The van der Waals surface area contributed by atoms with Crippen molar-refractivity contribution in [3.8, 4) is 0 Å². The van der Waals surface area contributed by atoms with Crippen molar-refractivity contribution in [2.45, 2.75) is 58.0 Å². The third-order valence-corrected chi connectivity index (χ3v) is 6.15. The van der Waals surface area contributed by atoms with E-state index in [1.807, 2.05) is 0 Å². The Bertz CT molecular complexity index is 928. The maximum absolute atomic E-state index is 12.5. The first-order valence-electron chi connectivity index (χ1n) is 10.6. The van der Waals surface area contributed by atoms with Crippen molar-refractivity contribution < 1.29 is 4.79 Å². The molecule has 0 unspecified atom stereocenters. The largest absolute Gasteiger partial charge is 0.353 e. The van der Waals surface area contributed by atoms with Gasteiger partial charge in [0.1, 0.15) is 0 Å². The van der Waals surface area contributed by atoms with Gasteiger partial charge in [0.25, 0.3) is 0 Å². The monoisotopic (exact) mass is 374 g/mol. The van der Waals surface area contributed by atoms with Crippen molar-refractivity contribution in [1.29, 1.82) is 0 Å². The van der Waals surface area contributed by atoms with Crippen molar-refractivity contribution in [1.82, 2.24) is 9.88 Å². The molecule has 2 atom stereocenters. The van der Waals surface area contributed by atoms with E-state index in [0.717, 1.165) is 19.4 Å². The van der Waals surface area contributed by atoms with Gasteiger partial charge in [0.05, 0.1) is 0 Å². The zero-order valence-electron chi connectivity index (χ0n) is 16.7. The average molecular weight is 375 g/mol. The molecular weight excluding hydrogens is 344 g/mol. The Labute approximate surface area is 167 Å². The molecule has 3 heteroatoms. The number of nitrogens with zero attached hydrogens (tertiary/aromatic N) is 1. The van der Waals surface area contributed by atoms with Gasteiger partial charge in [0.2, 0.25) is 5.91 Å². The number of benzene rings is 2. The van der Waals surface area contributed by atoms with Crippen LogP contribution in [0.25, 0.3) is 10.9 Å². The molecule has 0 spiro atoms. The third kappa shape index (κ3) is 4.30. The van der Waals surface area contributed by atoms with Crippen LogP contribution in [0.5, 0.6) is 0 Å². The molecule has 28 heavy (non-hydrogen) atoms. The first-order chi connectivity index (χ1) is 13.7. The minimum absolute atomic E-state index is 0.193. The van der Waals surface area contributed by atoms with Gasteiger partial charge in [-0.1, -0.05) is 68.3 Å². The Kier molecular flexibility index (Phi) is 5.80. The summed E-state index contributed by atoms with van der Waals surface area (Å²) >= 11 is 0. The number of nitrogens with one attached hydrogen (secondary N) is 1. The first kappa shape index (κ1) is 18.8. The van der Waals surface area contributed by atoms with Crippen LogP contribution in [0, 0.1) is 5.92 Å². The Hall–Kier alpha value is -2.55. The van der Waals surface area contributed by atoms with Gasteiger partial charge in [-0.15, -0.1) is 0 Å². The van der Waals surface area contributed by atoms with Gasteiger partial charge in [-0.05, 0) is 42.4 Å². The van der Waals surface area contributed by atoms with Crippen LogP contribution in [0.1, 0.15) is 50.2 Å². The maximum atomic E-state index is 12.5. The Morgan fingerprint density at radius 2 is 1.79 bits per heavy atom. The fourth-order valence-corrected chi connectivity index (χ4v) is 4.49. The van der Waals surface area contributed by atoms with Crippen LogP contribution in [0.2, 0.25) is 0 Å². The van der Waals surface area contributed by atoms with Gasteiger partial charge in [0.15, 0.2) is 0 Å². The lowest BCUT2D eigenvalue weighted by molar-refractivity contribution is -0.122. The number of aromatic nitrogens is 1. The Morgan fingerprint density at radius 3 is 2.61 bits per heavy atom. The molecule has 1 heterocycles. The quantitative estimate of drug-likeness (QED) is 0.623. The number of rotatable bonds is 6. The molecule has 1 aliphatic rings. The van der Waals surface area contributed by atoms with Gasteiger partial charge in [0, 0.05) is 36.1 Å². The van der Waals surface area contributed by atoms with Gasteiger partial charge < -0.3 is 9.88 Å². The molecule has 3 aromatic rings. The van der Waals surface area contributed by atoms with E-state index >= 15 is 0 Å². The summed E-state index contributed by atoms with van der Waals surface area (Å²) in [6.07, 6.45) is 8.48. The molecule has 1 fully saturated rings. The smallest absolute Gasteiger partial charge is 0.220 e. The molecule has 0 radical (unpaired) electrons. The second kappa shape index (κ2) is 8.64. The van der Waals surface area contributed by atoms with Gasteiger partial charge >= 0.3 is 0 Å². The summed E-state index contributed by atoms with van der Waals surface area (Å²) in [5.41, 5.74) is 3.79. The van der Waals surface area contributed by atoms with Crippen molar-refractivity contribution in [3.63, 3.8) is 0 Å². The van der Waals surface area contributed by atoms with E-state index in [0.29, 0.717) is 18.4 Å². The fourth-order valence-electron chi connectivity index (χ4n) is 4.49. The first-order valence-corrected chi connectivity index (χ1v) is 10.6. The average Bonchev–Trinajstić information content (AvgIpc) is 3.07. The number of para-hydroxylation sites is 1. The highest BCUT2D eigenvalue weighted by molar-refractivity contribution is 5.85. The van der Waals surface area contributed by atoms with E-state index in [9.17, 15) is 4.79 Å². The highest BCUT2D eigenvalue weighted by Gasteiger charge is 2.22. The van der Waals surface area contributed by atoms with Crippen molar-refractivity contribution in [3.05, 3.63) is 71.9 Å². The molecule has 1 aliphatic carbocycles. The van der Waals surface area contributed by atoms with Crippen molar-refractivity contribution in [2.24, 2.45) is 5.92 Å². The lowest BCUT2D eigenvalue weighted by Gasteiger charge is -2.29. The number of amides is 1. The highest BCUT2D eigenvalue weighted by atomic mass is 16.1. The van der Waals surface area contributed by atoms with Gasteiger partial charge in [-0.3, -0.25) is 4.79 Å². The SMILES string of the molecule is C[C@H]1CCCC[C@H]1NC(=O)CCc1cn(Cc2ccccc2)c2ccccc12. The van der Waals surface area contributed by atoms with Crippen LogP contribution in [-0.4, -0.2) is 16.5 Å². The number of hydrogen-bond acceptors (Lipinski definition) is 1. The minimum Gasteiger partial charge on any atom is -0.353 e. The topological polar surface area (TPSA) is 34.0 Å². The molecule has 1 aromatic heterocycles. The standard InChI is InChI=1S/C25H30N2O/c1-19-9-5-7-13-23(19)26-25(28)16-15-21-18-27(17-20-10-3-2-4-11-20)24-14-8-6-12-22(21)24/h2-4,6,8,10-12,14,18-19,23H,5,7,9,13,15-17H2,1H3,(H,26,28)/t19-,23+/m0/s1. The lowest BCUT2D eigenvalue weighted by atomic mass is 9.86. The molecule has 3 nitrogen and oxygen atoms in total. The van der Waals surface area contributed by atoms with Gasteiger partial charge in [-0.2, -0.15) is 0 Å². The molecule has 1 saturated carbocycles. The Morgan fingerprint density at radius 1 is 1.04 bits per heavy atom. The molecule has 0 aliphatic heterocycles. The lowest BCUT2D eigenvalue weighted by Crippen LogP contribution is -2.41. The van der Waals surface area contributed by atoms with Crippen LogP contribution in [0.3, 0.4) is 0 Å². The van der Waals surface area contributed by atoms with Crippen molar-refractivity contribution in [2.75, 3.05) is 0 Å². The Balaban J connectivity index is 1.45. The van der Waals surface area contributed by atoms with Gasteiger partial charge in [-0.25, -0.2) is 0 Å². The molecule has 1 amide bonds. The summed E-state index contributed by atoms with van der Waals surface area (Å²) in [6, 6.07) is 19.4. The highest BCUT2D eigenvalue weighted by Crippen LogP contribution is 2.25. The fraction of sp³-hybridized carbons (Fsp3) is 0.400. The molecule has 4 rings (SSSR count). The van der Waals surface area contributed by atoms with E-state index in [2.05, 4.69) is 77.6 Å². The normalized spacial score (nSPS) is 19.6. The summed E-state index contributed by atoms with van der Waals surface area (Å²) in [6.45, 7) is 3.12. The van der Waals surface area contributed by atoms with Crippen LogP contribution >= 0.6 is 0 Å². The molecule has 146 valence electrons. The van der Waals surface area contributed by atoms with Crippen LogP contribution in [-0.2, 0) is 17.8 Å². The zero-order chi connectivity index (χ0) is 19.3.